The molecule has 2 aromatic rings. The summed E-state index contributed by atoms with van der Waals surface area (Å²) in [5.41, 5.74) is -0.603. The number of aliphatic hydroxyl groups excluding tert-OH is 2. The van der Waals surface area contributed by atoms with Crippen LogP contribution in [0.1, 0.15) is 57.1 Å². The molecule has 1 saturated heterocycles. The van der Waals surface area contributed by atoms with Crippen LogP contribution in [0.5, 0.6) is 0 Å². The first kappa shape index (κ1) is 30.7. The lowest BCUT2D eigenvalue weighted by Crippen LogP contribution is -2.49. The topological polar surface area (TPSA) is 111 Å². The Labute approximate surface area is 242 Å². The van der Waals surface area contributed by atoms with E-state index in [1.165, 1.54) is 30.3 Å². The van der Waals surface area contributed by atoms with E-state index in [9.17, 15) is 28.6 Å². The number of amides is 2. The Bertz CT molecular complexity index is 1280. The first-order chi connectivity index (χ1) is 18.8. The van der Waals surface area contributed by atoms with Gasteiger partial charge in [0.05, 0.1) is 16.1 Å². The Morgan fingerprint density at radius 1 is 1.07 bits per heavy atom. The van der Waals surface area contributed by atoms with E-state index in [0.717, 1.165) is 0 Å². The summed E-state index contributed by atoms with van der Waals surface area (Å²) in [5.74, 6) is -3.25. The molecule has 2 aliphatic heterocycles. The zero-order chi connectivity index (χ0) is 29.4. The zero-order valence-corrected chi connectivity index (χ0v) is 24.2. The Morgan fingerprint density at radius 3 is 2.33 bits per heavy atom. The second kappa shape index (κ2) is 11.9. The van der Waals surface area contributed by atoms with Crippen LogP contribution < -0.4 is 16.0 Å². The van der Waals surface area contributed by atoms with Crippen molar-refractivity contribution in [2.45, 2.75) is 63.5 Å². The molecule has 218 valence electrons. The average molecular weight is 599 g/mol. The molecule has 0 unspecified atom stereocenters. The molecule has 2 amide bonds. The van der Waals surface area contributed by atoms with Gasteiger partial charge < -0.3 is 26.2 Å². The number of halogens is 4. The highest BCUT2D eigenvalue weighted by Crippen LogP contribution is 2.57. The molecular formula is C29H35Cl2F2N3O4. The van der Waals surface area contributed by atoms with Crippen LogP contribution in [0.2, 0.25) is 10.0 Å². The summed E-state index contributed by atoms with van der Waals surface area (Å²) in [6.07, 6.45) is 1.22. The second-order valence-corrected chi connectivity index (χ2v) is 12.7. The maximum absolute atomic E-state index is 15.0. The number of aliphatic hydroxyl groups is 2. The maximum atomic E-state index is 15.0. The van der Waals surface area contributed by atoms with Crippen LogP contribution in [0.4, 0.5) is 14.5 Å². The van der Waals surface area contributed by atoms with E-state index in [2.05, 4.69) is 16.0 Å². The Kier molecular flexibility index (Phi) is 9.12. The van der Waals surface area contributed by atoms with E-state index in [4.69, 9.17) is 23.2 Å². The molecule has 2 aliphatic rings. The van der Waals surface area contributed by atoms with Gasteiger partial charge in [-0.2, -0.15) is 0 Å². The van der Waals surface area contributed by atoms with Crippen molar-refractivity contribution in [2.75, 3.05) is 25.1 Å². The number of fused-ring (bicyclic) bond motifs is 2. The molecule has 4 rings (SSSR count). The number of hydrogen-bond acceptors (Lipinski definition) is 5. The van der Waals surface area contributed by atoms with Gasteiger partial charge in [0, 0.05) is 37.4 Å². The molecule has 11 heteroatoms. The largest absolute Gasteiger partial charge is 0.396 e. The molecule has 0 aromatic heterocycles. The molecule has 0 bridgehead atoms. The quantitative estimate of drug-likeness (QED) is 0.292. The Balaban J connectivity index is 1.88. The van der Waals surface area contributed by atoms with Crippen molar-refractivity contribution in [3.63, 3.8) is 0 Å². The number of anilines is 1. The van der Waals surface area contributed by atoms with Gasteiger partial charge in [-0.3, -0.25) is 9.59 Å². The summed E-state index contributed by atoms with van der Waals surface area (Å²) in [7, 11) is 0. The molecule has 2 heterocycles. The number of nitrogens with one attached hydrogen (secondary N) is 3. The Hall–Kier alpha value is -2.30. The van der Waals surface area contributed by atoms with Crippen LogP contribution in [0.25, 0.3) is 0 Å². The van der Waals surface area contributed by atoms with Gasteiger partial charge in [0.15, 0.2) is 0 Å². The number of carbonyl (C=O) groups is 2. The molecule has 5 N–H and O–H groups in total. The third kappa shape index (κ3) is 5.72. The smallest absolute Gasteiger partial charge is 0.237 e. The zero-order valence-electron chi connectivity index (χ0n) is 22.7. The second-order valence-electron chi connectivity index (χ2n) is 11.9. The van der Waals surface area contributed by atoms with E-state index in [1.54, 1.807) is 0 Å². The van der Waals surface area contributed by atoms with Crippen LogP contribution in [0, 0.1) is 23.0 Å². The third-order valence-electron chi connectivity index (χ3n) is 7.93. The summed E-state index contributed by atoms with van der Waals surface area (Å²) in [6, 6.07) is 5.09. The number of carbonyl (C=O) groups excluding carboxylic acids is 2. The minimum absolute atomic E-state index is 0.0965. The predicted octanol–water partition coefficient (Wildman–Crippen LogP) is 4.52. The third-order valence-corrected chi connectivity index (χ3v) is 8.51. The molecule has 7 nitrogen and oxygen atoms in total. The molecule has 0 radical (unpaired) electrons. The van der Waals surface area contributed by atoms with Gasteiger partial charge in [0.25, 0.3) is 0 Å². The molecular weight excluding hydrogens is 563 g/mol. The number of rotatable bonds is 9. The van der Waals surface area contributed by atoms with Crippen molar-refractivity contribution in [3.8, 4) is 0 Å². The van der Waals surface area contributed by atoms with Gasteiger partial charge in [-0.05, 0) is 66.0 Å². The fraction of sp³-hybridized carbons (Fsp3) is 0.517. The fourth-order valence-corrected chi connectivity index (χ4v) is 6.56. The van der Waals surface area contributed by atoms with Crippen LogP contribution in [0.3, 0.4) is 0 Å². The predicted molar refractivity (Wildman–Crippen MR) is 151 cm³/mol. The van der Waals surface area contributed by atoms with Gasteiger partial charge in [0.1, 0.15) is 17.0 Å². The molecule has 4 atom stereocenters. The minimum Gasteiger partial charge on any atom is -0.396 e. The standard InChI is InChI=1S/C29H35Cl2F2N3O4/c1-28(2,3)13-23-29(17-11-21(33)19(31)12-22(17)35-27(29)40)24(16-4-5-20(32)18(30)10-16)25(36-23)26(39)34-14-15(6-8-37)7-9-38/h4-5,10-12,15,23-25,36-38H,6-9,13-14H2,1-3H3,(H,34,39)(H,35,40)/t23-,24+,25-,29+/m1/s1. The van der Waals surface area contributed by atoms with E-state index in [-0.39, 0.29) is 41.1 Å². The van der Waals surface area contributed by atoms with E-state index in [1.807, 2.05) is 20.8 Å². The van der Waals surface area contributed by atoms with Gasteiger partial charge in [-0.15, -0.1) is 0 Å². The summed E-state index contributed by atoms with van der Waals surface area (Å²) < 4.78 is 29.2. The van der Waals surface area contributed by atoms with Crippen molar-refractivity contribution in [1.82, 2.24) is 10.6 Å². The minimum atomic E-state index is -1.45. The summed E-state index contributed by atoms with van der Waals surface area (Å²) in [5, 5.41) is 27.6. The van der Waals surface area contributed by atoms with Crippen LogP contribution in [-0.2, 0) is 15.0 Å². The van der Waals surface area contributed by atoms with Gasteiger partial charge in [-0.1, -0.05) is 50.0 Å². The summed E-state index contributed by atoms with van der Waals surface area (Å²) in [6.45, 7) is 6.01. The van der Waals surface area contributed by atoms with Gasteiger partial charge in [-0.25, -0.2) is 8.78 Å². The molecule has 40 heavy (non-hydrogen) atoms. The number of benzene rings is 2. The lowest BCUT2D eigenvalue weighted by atomic mass is 9.62. The molecule has 1 fully saturated rings. The van der Waals surface area contributed by atoms with Crippen molar-refractivity contribution in [1.29, 1.82) is 0 Å². The highest BCUT2D eigenvalue weighted by Gasteiger charge is 2.66. The SMILES string of the molecule is CC(C)(C)C[C@H]1N[C@@H](C(=O)NCC(CCO)CCO)[C@H](c2ccc(F)c(Cl)c2)[C@@]12C(=O)Nc1cc(Cl)c(F)cc12. The maximum Gasteiger partial charge on any atom is 0.237 e. The van der Waals surface area contributed by atoms with Gasteiger partial charge >= 0.3 is 0 Å². The monoisotopic (exact) mass is 597 g/mol. The van der Waals surface area contributed by atoms with Crippen LogP contribution >= 0.6 is 23.2 Å². The van der Waals surface area contributed by atoms with Crippen molar-refractivity contribution in [3.05, 3.63) is 63.1 Å². The Morgan fingerprint density at radius 2 is 1.73 bits per heavy atom. The van der Waals surface area contributed by atoms with E-state index in [0.29, 0.717) is 36.1 Å². The van der Waals surface area contributed by atoms with E-state index < -0.39 is 46.9 Å². The van der Waals surface area contributed by atoms with Crippen molar-refractivity contribution in [2.24, 2.45) is 11.3 Å². The first-order valence-corrected chi connectivity index (χ1v) is 14.1. The van der Waals surface area contributed by atoms with Crippen molar-refractivity contribution >= 4 is 40.7 Å². The molecule has 1 spiro atoms. The normalized spacial score (nSPS) is 24.1. The highest BCUT2D eigenvalue weighted by atomic mass is 35.5. The molecule has 2 aromatic carbocycles. The number of hydrogen-bond donors (Lipinski definition) is 5. The first-order valence-electron chi connectivity index (χ1n) is 13.3. The van der Waals surface area contributed by atoms with E-state index >= 15 is 0 Å². The highest BCUT2D eigenvalue weighted by molar-refractivity contribution is 6.31. The lowest BCUT2D eigenvalue weighted by Gasteiger charge is -2.37. The summed E-state index contributed by atoms with van der Waals surface area (Å²) in [4.78, 5) is 28.0. The average Bonchev–Trinajstić information content (AvgIpc) is 3.34. The summed E-state index contributed by atoms with van der Waals surface area (Å²) >= 11 is 12.3. The van der Waals surface area contributed by atoms with Crippen molar-refractivity contribution < 1.29 is 28.6 Å². The van der Waals surface area contributed by atoms with Gasteiger partial charge in [0.2, 0.25) is 11.8 Å². The lowest BCUT2D eigenvalue weighted by molar-refractivity contribution is -0.124. The molecule has 0 saturated carbocycles. The fourth-order valence-electron chi connectivity index (χ4n) is 6.21. The molecule has 0 aliphatic carbocycles. The van der Waals surface area contributed by atoms with Crippen LogP contribution in [-0.4, -0.2) is 53.9 Å². The van der Waals surface area contributed by atoms with Crippen LogP contribution in [0.15, 0.2) is 30.3 Å².